The lowest BCUT2D eigenvalue weighted by Crippen LogP contribution is -2.13. The van der Waals surface area contributed by atoms with Gasteiger partial charge in [-0.3, -0.25) is 0 Å². The highest BCUT2D eigenvalue weighted by Gasteiger charge is 2.17. The first-order valence-electron chi connectivity index (χ1n) is 5.54. The number of imidazole rings is 1. The second-order valence-corrected chi connectivity index (χ2v) is 3.94. The summed E-state index contributed by atoms with van der Waals surface area (Å²) < 4.78 is 2.22. The van der Waals surface area contributed by atoms with Crippen LogP contribution in [0.1, 0.15) is 43.4 Å². The maximum atomic E-state index is 9.33. The minimum absolute atomic E-state index is 0.141. The normalized spacial score (nSPS) is 15.6. The first kappa shape index (κ1) is 9.71. The molecule has 0 saturated heterocycles. The lowest BCUT2D eigenvalue weighted by molar-refractivity contribution is 0.266. The fourth-order valence-corrected chi connectivity index (χ4v) is 2.21. The van der Waals surface area contributed by atoms with E-state index >= 15 is 0 Å². The van der Waals surface area contributed by atoms with Gasteiger partial charge in [-0.15, -0.1) is 0 Å². The van der Waals surface area contributed by atoms with Crippen LogP contribution in [0.15, 0.2) is 0 Å². The standard InChI is InChI=1S/C11H18N2O/c1-2-5-9-10(8-14)13-7-4-3-6-11(13)12-9/h14H,2-8H2,1H3. The summed E-state index contributed by atoms with van der Waals surface area (Å²) in [6.45, 7) is 3.34. The van der Waals surface area contributed by atoms with Crippen LogP contribution in [0, 0.1) is 0 Å². The molecular weight excluding hydrogens is 176 g/mol. The summed E-state index contributed by atoms with van der Waals surface area (Å²) in [7, 11) is 0. The number of aryl methyl sites for hydroxylation is 2. The van der Waals surface area contributed by atoms with Crippen molar-refractivity contribution in [1.29, 1.82) is 0 Å². The Kier molecular flexibility index (Phi) is 2.87. The van der Waals surface area contributed by atoms with E-state index in [0.29, 0.717) is 0 Å². The van der Waals surface area contributed by atoms with E-state index in [4.69, 9.17) is 0 Å². The molecule has 1 aliphatic rings. The first-order chi connectivity index (χ1) is 6.86. The van der Waals surface area contributed by atoms with Crippen molar-refractivity contribution in [3.63, 3.8) is 0 Å². The summed E-state index contributed by atoms with van der Waals surface area (Å²) in [5.74, 6) is 1.18. The van der Waals surface area contributed by atoms with Crippen molar-refractivity contribution in [1.82, 2.24) is 9.55 Å². The lowest BCUT2D eigenvalue weighted by Gasteiger charge is -2.15. The van der Waals surface area contributed by atoms with Gasteiger partial charge in [-0.05, 0) is 19.3 Å². The molecule has 0 unspecified atom stereocenters. The van der Waals surface area contributed by atoms with Crippen molar-refractivity contribution in [2.45, 2.75) is 52.2 Å². The average Bonchev–Trinajstić information content (AvgIpc) is 2.55. The number of hydrogen-bond donors (Lipinski definition) is 1. The first-order valence-corrected chi connectivity index (χ1v) is 5.54. The van der Waals surface area contributed by atoms with Gasteiger partial charge in [0.2, 0.25) is 0 Å². The molecule has 1 aliphatic heterocycles. The largest absolute Gasteiger partial charge is 0.390 e. The Labute approximate surface area is 84.8 Å². The maximum Gasteiger partial charge on any atom is 0.109 e. The van der Waals surface area contributed by atoms with Crippen LogP contribution in [0.2, 0.25) is 0 Å². The highest BCUT2D eigenvalue weighted by molar-refractivity contribution is 5.18. The van der Waals surface area contributed by atoms with Crippen molar-refractivity contribution in [2.75, 3.05) is 0 Å². The van der Waals surface area contributed by atoms with Crippen molar-refractivity contribution in [3.05, 3.63) is 17.2 Å². The molecule has 3 heteroatoms. The van der Waals surface area contributed by atoms with Gasteiger partial charge in [0.25, 0.3) is 0 Å². The Bertz CT molecular complexity index is 317. The summed E-state index contributed by atoms with van der Waals surface area (Å²) in [6, 6.07) is 0. The van der Waals surface area contributed by atoms with E-state index in [9.17, 15) is 5.11 Å². The van der Waals surface area contributed by atoms with E-state index < -0.39 is 0 Å². The number of nitrogens with zero attached hydrogens (tertiary/aromatic N) is 2. The van der Waals surface area contributed by atoms with E-state index in [0.717, 1.165) is 37.2 Å². The molecule has 1 aromatic rings. The van der Waals surface area contributed by atoms with Gasteiger partial charge < -0.3 is 9.67 Å². The van der Waals surface area contributed by atoms with E-state index in [1.807, 2.05) is 0 Å². The second-order valence-electron chi connectivity index (χ2n) is 3.94. The maximum absolute atomic E-state index is 9.33. The number of rotatable bonds is 3. The molecule has 1 aromatic heterocycles. The Balaban J connectivity index is 2.36. The Morgan fingerprint density at radius 1 is 1.43 bits per heavy atom. The van der Waals surface area contributed by atoms with Crippen LogP contribution in [0.25, 0.3) is 0 Å². The van der Waals surface area contributed by atoms with Gasteiger partial charge in [-0.1, -0.05) is 13.3 Å². The summed E-state index contributed by atoms with van der Waals surface area (Å²) in [5, 5.41) is 9.33. The van der Waals surface area contributed by atoms with Crippen molar-refractivity contribution < 1.29 is 5.11 Å². The van der Waals surface area contributed by atoms with E-state index in [1.165, 1.54) is 18.7 Å². The van der Waals surface area contributed by atoms with Crippen molar-refractivity contribution in [2.24, 2.45) is 0 Å². The van der Waals surface area contributed by atoms with E-state index in [2.05, 4.69) is 16.5 Å². The number of hydrogen-bond acceptors (Lipinski definition) is 2. The summed E-state index contributed by atoms with van der Waals surface area (Å²) in [5.41, 5.74) is 2.17. The molecule has 78 valence electrons. The Morgan fingerprint density at radius 3 is 3.00 bits per heavy atom. The molecule has 2 rings (SSSR count). The zero-order valence-electron chi connectivity index (χ0n) is 8.79. The Morgan fingerprint density at radius 2 is 2.29 bits per heavy atom. The number of aromatic nitrogens is 2. The molecule has 0 radical (unpaired) electrons. The smallest absolute Gasteiger partial charge is 0.109 e. The minimum Gasteiger partial charge on any atom is -0.390 e. The van der Waals surface area contributed by atoms with Crippen molar-refractivity contribution >= 4 is 0 Å². The summed E-state index contributed by atoms with van der Waals surface area (Å²) in [6.07, 6.45) is 5.64. The highest BCUT2D eigenvalue weighted by Crippen LogP contribution is 2.20. The third kappa shape index (κ3) is 1.57. The van der Waals surface area contributed by atoms with Gasteiger partial charge in [0.05, 0.1) is 18.0 Å². The SMILES string of the molecule is CCCc1nc2n(c1CO)CCCC2. The number of fused-ring (bicyclic) bond motifs is 1. The topological polar surface area (TPSA) is 38.0 Å². The third-order valence-electron chi connectivity index (χ3n) is 2.90. The van der Waals surface area contributed by atoms with Crippen LogP contribution in [0.5, 0.6) is 0 Å². The summed E-state index contributed by atoms with van der Waals surface area (Å²) >= 11 is 0. The fraction of sp³-hybridized carbons (Fsp3) is 0.727. The predicted octanol–water partition coefficient (Wildman–Crippen LogP) is 1.66. The average molecular weight is 194 g/mol. The molecule has 14 heavy (non-hydrogen) atoms. The molecule has 0 aromatic carbocycles. The molecule has 0 fully saturated rings. The molecule has 3 nitrogen and oxygen atoms in total. The molecule has 1 N–H and O–H groups in total. The summed E-state index contributed by atoms with van der Waals surface area (Å²) in [4.78, 5) is 4.61. The molecule has 0 spiro atoms. The zero-order chi connectivity index (χ0) is 9.97. The molecule has 0 saturated carbocycles. The van der Waals surface area contributed by atoms with Gasteiger partial charge in [-0.2, -0.15) is 0 Å². The van der Waals surface area contributed by atoms with Crippen LogP contribution < -0.4 is 0 Å². The fourth-order valence-electron chi connectivity index (χ4n) is 2.21. The quantitative estimate of drug-likeness (QED) is 0.794. The third-order valence-corrected chi connectivity index (χ3v) is 2.90. The van der Waals surface area contributed by atoms with E-state index in [-0.39, 0.29) is 6.61 Å². The van der Waals surface area contributed by atoms with Gasteiger partial charge in [0.1, 0.15) is 5.82 Å². The number of aliphatic hydroxyl groups is 1. The highest BCUT2D eigenvalue weighted by atomic mass is 16.3. The van der Waals surface area contributed by atoms with Gasteiger partial charge in [0.15, 0.2) is 0 Å². The molecular formula is C11H18N2O. The molecule has 0 aliphatic carbocycles. The van der Waals surface area contributed by atoms with Gasteiger partial charge in [0, 0.05) is 13.0 Å². The van der Waals surface area contributed by atoms with Crippen LogP contribution in [0.3, 0.4) is 0 Å². The lowest BCUT2D eigenvalue weighted by atomic mass is 10.1. The van der Waals surface area contributed by atoms with E-state index in [1.54, 1.807) is 0 Å². The molecule has 0 amide bonds. The minimum atomic E-state index is 0.141. The predicted molar refractivity (Wildman–Crippen MR) is 55.1 cm³/mol. The van der Waals surface area contributed by atoms with Gasteiger partial charge in [-0.25, -0.2) is 4.98 Å². The Hall–Kier alpha value is -0.830. The van der Waals surface area contributed by atoms with Crippen LogP contribution in [-0.2, 0) is 26.0 Å². The van der Waals surface area contributed by atoms with Crippen LogP contribution >= 0.6 is 0 Å². The van der Waals surface area contributed by atoms with Crippen molar-refractivity contribution in [3.8, 4) is 0 Å². The van der Waals surface area contributed by atoms with Gasteiger partial charge >= 0.3 is 0 Å². The zero-order valence-corrected chi connectivity index (χ0v) is 8.79. The second kappa shape index (κ2) is 4.13. The molecule has 0 atom stereocenters. The molecule has 2 heterocycles. The molecule has 0 bridgehead atoms. The van der Waals surface area contributed by atoms with Crippen LogP contribution in [0.4, 0.5) is 0 Å². The monoisotopic (exact) mass is 194 g/mol. The number of aliphatic hydroxyl groups excluding tert-OH is 1. The van der Waals surface area contributed by atoms with Crippen LogP contribution in [-0.4, -0.2) is 14.7 Å².